The molecule has 0 aromatic carbocycles. The van der Waals surface area contributed by atoms with Crippen LogP contribution in [-0.4, -0.2) is 28.6 Å². The molecule has 0 aliphatic rings. The van der Waals surface area contributed by atoms with E-state index in [4.69, 9.17) is 10.6 Å². The molecule has 1 aromatic heterocycles. The van der Waals surface area contributed by atoms with Gasteiger partial charge < -0.3 is 10.6 Å². The molecule has 0 atom stereocenters. The number of hydrogen-bond acceptors (Lipinski definition) is 6. The van der Waals surface area contributed by atoms with E-state index in [2.05, 4.69) is 15.1 Å². The van der Waals surface area contributed by atoms with E-state index < -0.39 is 0 Å². The summed E-state index contributed by atoms with van der Waals surface area (Å²) in [5, 5.41) is 3.61. The van der Waals surface area contributed by atoms with Crippen LogP contribution in [0.4, 0.5) is 5.82 Å². The molecule has 6 nitrogen and oxygen atoms in total. The van der Waals surface area contributed by atoms with Gasteiger partial charge in [-0.3, -0.25) is 4.79 Å². The van der Waals surface area contributed by atoms with Gasteiger partial charge in [-0.2, -0.15) is 0 Å². The van der Waals surface area contributed by atoms with Gasteiger partial charge in [0.05, 0.1) is 0 Å². The van der Waals surface area contributed by atoms with Gasteiger partial charge in [0, 0.05) is 6.20 Å². The van der Waals surface area contributed by atoms with Gasteiger partial charge in [0.15, 0.2) is 17.8 Å². The van der Waals surface area contributed by atoms with Crippen molar-refractivity contribution < 1.29 is 9.63 Å². The Morgan fingerprint density at radius 2 is 2.53 bits per heavy atom. The van der Waals surface area contributed by atoms with E-state index in [0.717, 1.165) is 6.42 Å². The van der Waals surface area contributed by atoms with Gasteiger partial charge in [-0.1, -0.05) is 12.1 Å². The van der Waals surface area contributed by atoms with E-state index >= 15 is 0 Å². The maximum Gasteiger partial charge on any atom is 0.187 e. The largest absolute Gasteiger partial charge is 0.395 e. The van der Waals surface area contributed by atoms with Crippen LogP contribution in [-0.2, 0) is 9.63 Å². The fourth-order valence-corrected chi connectivity index (χ4v) is 0.818. The Morgan fingerprint density at radius 1 is 1.73 bits per heavy atom. The van der Waals surface area contributed by atoms with E-state index in [9.17, 15) is 4.79 Å². The lowest BCUT2D eigenvalue weighted by atomic mass is 10.4. The summed E-state index contributed by atoms with van der Waals surface area (Å²) in [6.45, 7) is 2.38. The highest BCUT2D eigenvalue weighted by molar-refractivity contribution is 6.34. The smallest absolute Gasteiger partial charge is 0.187 e. The molecular weight excluding hydrogens is 196 g/mol. The van der Waals surface area contributed by atoms with Crippen molar-refractivity contribution in [3.05, 3.63) is 18.1 Å². The molecule has 0 aliphatic heterocycles. The molecule has 0 unspecified atom stereocenters. The topological polar surface area (TPSA) is 90.5 Å². The average molecular weight is 208 g/mol. The molecule has 2 N–H and O–H groups in total. The Hall–Kier alpha value is -1.98. The van der Waals surface area contributed by atoms with Gasteiger partial charge in [-0.05, 0) is 12.5 Å². The van der Waals surface area contributed by atoms with Crippen molar-refractivity contribution in [2.24, 2.45) is 5.16 Å². The van der Waals surface area contributed by atoms with Crippen molar-refractivity contribution in [3.8, 4) is 0 Å². The predicted octanol–water partition coefficient (Wildman–Crippen LogP) is 0.388. The average Bonchev–Trinajstić information content (AvgIpc) is 2.24. The minimum Gasteiger partial charge on any atom is -0.395 e. The van der Waals surface area contributed by atoms with Crippen LogP contribution in [0.25, 0.3) is 0 Å². The summed E-state index contributed by atoms with van der Waals surface area (Å²) in [4.78, 5) is 23.2. The third kappa shape index (κ3) is 3.34. The van der Waals surface area contributed by atoms with Crippen LogP contribution in [0.5, 0.6) is 0 Å². The molecule has 6 heteroatoms. The van der Waals surface area contributed by atoms with Crippen molar-refractivity contribution in [2.75, 3.05) is 12.3 Å². The quantitative estimate of drug-likeness (QED) is 0.327. The lowest BCUT2D eigenvalue weighted by molar-refractivity contribution is -0.102. The first-order chi connectivity index (χ1) is 7.27. The first-order valence-corrected chi connectivity index (χ1v) is 4.52. The number of aldehydes is 1. The zero-order valence-electron chi connectivity index (χ0n) is 8.38. The summed E-state index contributed by atoms with van der Waals surface area (Å²) in [7, 11) is 0. The highest BCUT2D eigenvalue weighted by Gasteiger charge is 2.06. The fraction of sp³-hybridized carbons (Fsp3) is 0.333. The number of carbonyl (C=O) groups is 1. The number of oxime groups is 1. The first-order valence-electron chi connectivity index (χ1n) is 4.52. The van der Waals surface area contributed by atoms with E-state index in [1.54, 1.807) is 0 Å². The molecule has 0 amide bonds. The molecule has 0 saturated heterocycles. The molecule has 0 radical (unpaired) electrons. The summed E-state index contributed by atoms with van der Waals surface area (Å²) in [6.07, 6.45) is 2.80. The number of carbonyl (C=O) groups excluding carboxylic acids is 1. The molecule has 0 fully saturated rings. The SMILES string of the molecule is CCCO/N=C(/C=O)c1nccc(N)n1. The number of anilines is 1. The van der Waals surface area contributed by atoms with Crippen LogP contribution in [0.3, 0.4) is 0 Å². The standard InChI is InChI=1S/C9H12N4O2/c1-2-5-15-13-7(6-14)9-11-4-3-8(10)12-9/h3-4,6H,2,5H2,1H3,(H2,10,11,12)/b13-7-. The summed E-state index contributed by atoms with van der Waals surface area (Å²) >= 11 is 0. The molecule has 15 heavy (non-hydrogen) atoms. The molecule has 0 aliphatic carbocycles. The Balaban J connectivity index is 2.82. The van der Waals surface area contributed by atoms with Gasteiger partial charge in [0.1, 0.15) is 12.4 Å². The second kappa shape index (κ2) is 5.69. The molecule has 0 saturated carbocycles. The molecule has 0 spiro atoms. The Morgan fingerprint density at radius 3 is 3.13 bits per heavy atom. The molecule has 1 heterocycles. The summed E-state index contributed by atoms with van der Waals surface area (Å²) in [5.41, 5.74) is 5.48. The third-order valence-electron chi connectivity index (χ3n) is 1.48. The monoisotopic (exact) mass is 208 g/mol. The highest BCUT2D eigenvalue weighted by atomic mass is 16.6. The first kappa shape index (κ1) is 11.1. The maximum absolute atomic E-state index is 10.7. The Kier molecular flexibility index (Phi) is 4.21. The molecule has 80 valence electrons. The molecule has 0 bridgehead atoms. The van der Waals surface area contributed by atoms with E-state index in [1.807, 2.05) is 6.92 Å². The molecular formula is C9H12N4O2. The number of nitrogens with zero attached hydrogens (tertiary/aromatic N) is 3. The summed E-state index contributed by atoms with van der Waals surface area (Å²) in [5.74, 6) is 0.450. The molecule has 1 aromatic rings. The number of rotatable bonds is 5. The van der Waals surface area contributed by atoms with Gasteiger partial charge in [0.25, 0.3) is 0 Å². The minimum atomic E-state index is 0.0377. The normalized spacial score (nSPS) is 11.1. The van der Waals surface area contributed by atoms with Crippen molar-refractivity contribution in [3.63, 3.8) is 0 Å². The number of nitrogen functional groups attached to an aromatic ring is 1. The number of hydrogen-bond donors (Lipinski definition) is 1. The Bertz CT molecular complexity index is 365. The lowest BCUT2D eigenvalue weighted by Gasteiger charge is -1.99. The zero-order chi connectivity index (χ0) is 11.1. The van der Waals surface area contributed by atoms with Crippen LogP contribution >= 0.6 is 0 Å². The van der Waals surface area contributed by atoms with Crippen LogP contribution in [0.2, 0.25) is 0 Å². The molecule has 1 rings (SSSR count). The van der Waals surface area contributed by atoms with Crippen molar-refractivity contribution in [1.29, 1.82) is 0 Å². The van der Waals surface area contributed by atoms with Gasteiger partial charge in [0.2, 0.25) is 0 Å². The minimum absolute atomic E-state index is 0.0377. The number of aromatic nitrogens is 2. The summed E-state index contributed by atoms with van der Waals surface area (Å²) in [6, 6.07) is 1.53. The summed E-state index contributed by atoms with van der Waals surface area (Å²) < 4.78 is 0. The van der Waals surface area contributed by atoms with Crippen molar-refractivity contribution in [2.45, 2.75) is 13.3 Å². The van der Waals surface area contributed by atoms with Crippen molar-refractivity contribution in [1.82, 2.24) is 9.97 Å². The number of nitrogens with two attached hydrogens (primary N) is 1. The van der Waals surface area contributed by atoms with Crippen LogP contribution in [0.15, 0.2) is 17.4 Å². The van der Waals surface area contributed by atoms with Gasteiger partial charge in [-0.25, -0.2) is 9.97 Å². The fourth-order valence-electron chi connectivity index (χ4n) is 0.818. The highest BCUT2D eigenvalue weighted by Crippen LogP contribution is 1.97. The van der Waals surface area contributed by atoms with Crippen molar-refractivity contribution >= 4 is 17.8 Å². The van der Waals surface area contributed by atoms with Crippen LogP contribution in [0.1, 0.15) is 19.2 Å². The zero-order valence-corrected chi connectivity index (χ0v) is 8.38. The van der Waals surface area contributed by atoms with E-state index in [0.29, 0.717) is 12.9 Å². The predicted molar refractivity (Wildman–Crippen MR) is 55.3 cm³/mol. The van der Waals surface area contributed by atoms with Crippen LogP contribution in [0, 0.1) is 0 Å². The van der Waals surface area contributed by atoms with E-state index in [1.165, 1.54) is 12.3 Å². The van der Waals surface area contributed by atoms with Crippen LogP contribution < -0.4 is 5.73 Å². The maximum atomic E-state index is 10.7. The lowest BCUT2D eigenvalue weighted by Crippen LogP contribution is -2.10. The second-order valence-corrected chi connectivity index (χ2v) is 2.73. The Labute approximate surface area is 87.2 Å². The second-order valence-electron chi connectivity index (χ2n) is 2.73. The van der Waals surface area contributed by atoms with Gasteiger partial charge in [-0.15, -0.1) is 0 Å². The van der Waals surface area contributed by atoms with Gasteiger partial charge >= 0.3 is 0 Å². The third-order valence-corrected chi connectivity index (χ3v) is 1.48. The van der Waals surface area contributed by atoms with E-state index in [-0.39, 0.29) is 17.4 Å².